The van der Waals surface area contributed by atoms with Gasteiger partial charge in [0.25, 0.3) is 0 Å². The monoisotopic (exact) mass is 509 g/mol. The first kappa shape index (κ1) is 28.2. The van der Waals surface area contributed by atoms with Gasteiger partial charge in [-0.15, -0.1) is 0 Å². The molecule has 198 valence electrons. The summed E-state index contributed by atoms with van der Waals surface area (Å²) < 4.78 is 5.19. The van der Waals surface area contributed by atoms with Crippen LogP contribution in [0.25, 0.3) is 0 Å². The zero-order valence-corrected chi connectivity index (χ0v) is 21.9. The van der Waals surface area contributed by atoms with Crippen molar-refractivity contribution in [3.05, 3.63) is 34.9 Å². The minimum atomic E-state index is -1.09. The number of piperidine rings is 1. The summed E-state index contributed by atoms with van der Waals surface area (Å²) in [4.78, 5) is 15.0. The second kappa shape index (κ2) is 13.8. The lowest BCUT2D eigenvalue weighted by atomic mass is 9.74. The van der Waals surface area contributed by atoms with E-state index in [-0.39, 0.29) is 24.4 Å². The fourth-order valence-corrected chi connectivity index (χ4v) is 6.06. The Morgan fingerprint density at radius 3 is 2.71 bits per heavy atom. The summed E-state index contributed by atoms with van der Waals surface area (Å²) >= 11 is 6.28. The molecule has 0 aromatic heterocycles. The molecular formula is C27H44ClN3O4. The molecule has 2 aliphatic rings. The van der Waals surface area contributed by atoms with E-state index in [1.54, 1.807) is 12.0 Å². The van der Waals surface area contributed by atoms with E-state index in [4.69, 9.17) is 22.1 Å². The van der Waals surface area contributed by atoms with Crippen LogP contribution in [-0.4, -0.2) is 66.6 Å². The molecule has 8 heteroatoms. The summed E-state index contributed by atoms with van der Waals surface area (Å²) in [5.41, 5.74) is 5.67. The SMILES string of the molecule is COCCCCC(O)(c1cccc(Cl)c1)C1CCCN(C(=O)NC(CN)C(O)C2CCCCC2)C1. The van der Waals surface area contributed by atoms with Gasteiger partial charge >= 0.3 is 6.03 Å². The average Bonchev–Trinajstić information content (AvgIpc) is 2.89. The lowest BCUT2D eigenvalue weighted by Gasteiger charge is -2.43. The second-order valence-corrected chi connectivity index (χ2v) is 10.8. The number of amides is 2. The second-order valence-electron chi connectivity index (χ2n) is 10.4. The Hall–Kier alpha value is -1.38. The van der Waals surface area contributed by atoms with Crippen molar-refractivity contribution in [1.82, 2.24) is 10.2 Å². The Morgan fingerprint density at radius 1 is 1.26 bits per heavy atom. The van der Waals surface area contributed by atoms with E-state index in [2.05, 4.69) is 5.32 Å². The Balaban J connectivity index is 1.69. The standard InChI is InChI=1S/C27H44ClN3O4/c1-35-16-6-5-14-27(34,21-11-7-13-23(28)17-21)22-12-8-15-31(19-22)26(33)30-24(18-29)25(32)20-9-3-2-4-10-20/h7,11,13,17,20,22,24-25,32,34H,2-6,8-10,12,14-16,18-19,29H2,1H3,(H,30,33). The molecule has 1 saturated carbocycles. The predicted octanol–water partition coefficient (Wildman–Crippen LogP) is 4.03. The number of ether oxygens (including phenoxy) is 1. The first-order valence-corrected chi connectivity index (χ1v) is 13.7. The number of unbranched alkanes of at least 4 members (excludes halogenated alkanes) is 1. The maximum Gasteiger partial charge on any atom is 0.317 e. The van der Waals surface area contributed by atoms with Crippen LogP contribution in [0.5, 0.6) is 0 Å². The molecule has 2 amide bonds. The van der Waals surface area contributed by atoms with Crippen molar-refractivity contribution in [3.63, 3.8) is 0 Å². The van der Waals surface area contributed by atoms with Gasteiger partial charge in [0.1, 0.15) is 0 Å². The van der Waals surface area contributed by atoms with Crippen molar-refractivity contribution in [2.24, 2.45) is 17.6 Å². The van der Waals surface area contributed by atoms with Crippen molar-refractivity contribution in [3.8, 4) is 0 Å². The maximum atomic E-state index is 13.2. The van der Waals surface area contributed by atoms with Gasteiger partial charge in [-0.25, -0.2) is 4.79 Å². The maximum absolute atomic E-state index is 13.2. The molecule has 4 atom stereocenters. The Kier molecular flexibility index (Phi) is 11.1. The molecule has 1 heterocycles. The minimum Gasteiger partial charge on any atom is -0.391 e. The van der Waals surface area contributed by atoms with Crippen LogP contribution in [0, 0.1) is 11.8 Å². The number of hydrogen-bond donors (Lipinski definition) is 4. The first-order chi connectivity index (χ1) is 16.9. The highest BCUT2D eigenvalue weighted by Crippen LogP contribution is 2.40. The molecule has 1 aliphatic carbocycles. The smallest absolute Gasteiger partial charge is 0.317 e. The number of nitrogens with zero attached hydrogens (tertiary/aromatic N) is 1. The largest absolute Gasteiger partial charge is 0.391 e. The van der Waals surface area contributed by atoms with Crippen molar-refractivity contribution >= 4 is 17.6 Å². The predicted molar refractivity (Wildman–Crippen MR) is 139 cm³/mol. The molecule has 5 N–H and O–H groups in total. The van der Waals surface area contributed by atoms with Crippen molar-refractivity contribution in [2.75, 3.05) is 33.4 Å². The third-order valence-electron chi connectivity index (χ3n) is 7.97. The highest BCUT2D eigenvalue weighted by molar-refractivity contribution is 6.30. The van der Waals surface area contributed by atoms with Gasteiger partial charge in [-0.1, -0.05) is 43.0 Å². The number of likely N-dealkylation sites (tertiary alicyclic amines) is 1. The zero-order valence-electron chi connectivity index (χ0n) is 21.1. The summed E-state index contributed by atoms with van der Waals surface area (Å²) in [5.74, 6) is 0.0642. The van der Waals surface area contributed by atoms with Crippen LogP contribution in [0.15, 0.2) is 24.3 Å². The number of nitrogens with one attached hydrogen (secondary N) is 1. The molecule has 0 spiro atoms. The number of methoxy groups -OCH3 is 1. The number of carbonyl (C=O) groups is 1. The third kappa shape index (κ3) is 7.56. The first-order valence-electron chi connectivity index (χ1n) is 13.3. The van der Waals surface area contributed by atoms with Crippen LogP contribution in [0.3, 0.4) is 0 Å². The molecule has 0 radical (unpaired) electrons. The molecule has 3 rings (SSSR count). The number of aliphatic hydroxyl groups excluding tert-OH is 1. The van der Waals surface area contributed by atoms with Crippen LogP contribution >= 0.6 is 11.6 Å². The van der Waals surface area contributed by atoms with Crippen LogP contribution in [0.2, 0.25) is 5.02 Å². The Labute approximate surface area is 215 Å². The van der Waals surface area contributed by atoms with Gasteiger partial charge in [-0.3, -0.25) is 0 Å². The van der Waals surface area contributed by atoms with Gasteiger partial charge in [0.05, 0.1) is 17.7 Å². The zero-order chi connectivity index (χ0) is 25.3. The normalized spacial score (nSPS) is 22.9. The number of rotatable bonds is 11. The topological polar surface area (TPSA) is 108 Å². The van der Waals surface area contributed by atoms with Gasteiger partial charge in [0.15, 0.2) is 0 Å². The average molecular weight is 510 g/mol. The summed E-state index contributed by atoms with van der Waals surface area (Å²) in [7, 11) is 1.68. The van der Waals surface area contributed by atoms with E-state index < -0.39 is 17.7 Å². The van der Waals surface area contributed by atoms with Crippen LogP contribution in [0.1, 0.15) is 69.8 Å². The summed E-state index contributed by atoms with van der Waals surface area (Å²) in [6.45, 7) is 1.91. The van der Waals surface area contributed by atoms with Crippen molar-refractivity contribution in [2.45, 2.75) is 82.0 Å². The minimum absolute atomic E-state index is 0.123. The van der Waals surface area contributed by atoms with E-state index in [9.17, 15) is 15.0 Å². The summed E-state index contributed by atoms with van der Waals surface area (Å²) in [5, 5.41) is 26.5. The fraction of sp³-hybridized carbons (Fsp3) is 0.741. The van der Waals surface area contributed by atoms with Gasteiger partial charge in [0, 0.05) is 44.3 Å². The Morgan fingerprint density at radius 2 is 2.03 bits per heavy atom. The van der Waals surface area contributed by atoms with E-state index >= 15 is 0 Å². The molecular weight excluding hydrogens is 466 g/mol. The van der Waals surface area contributed by atoms with E-state index in [1.807, 2.05) is 24.3 Å². The lowest BCUT2D eigenvalue weighted by Crippen LogP contribution is -2.57. The number of hydrogen-bond acceptors (Lipinski definition) is 5. The summed E-state index contributed by atoms with van der Waals surface area (Å²) in [6, 6.07) is 6.75. The Bertz CT molecular complexity index is 791. The number of nitrogens with two attached hydrogens (primary N) is 1. The molecule has 2 fully saturated rings. The van der Waals surface area contributed by atoms with Gasteiger partial charge in [-0.05, 0) is 68.6 Å². The molecule has 1 saturated heterocycles. The van der Waals surface area contributed by atoms with Crippen molar-refractivity contribution in [1.29, 1.82) is 0 Å². The molecule has 1 aromatic carbocycles. The molecule has 1 aliphatic heterocycles. The quantitative estimate of drug-likeness (QED) is 0.337. The fourth-order valence-electron chi connectivity index (χ4n) is 5.87. The highest BCUT2D eigenvalue weighted by Gasteiger charge is 2.41. The molecule has 7 nitrogen and oxygen atoms in total. The van der Waals surface area contributed by atoms with Gasteiger partial charge in [0.2, 0.25) is 0 Å². The van der Waals surface area contributed by atoms with Crippen LogP contribution < -0.4 is 11.1 Å². The molecule has 35 heavy (non-hydrogen) atoms. The number of aliphatic hydroxyl groups is 2. The van der Waals surface area contributed by atoms with E-state index in [0.29, 0.717) is 31.1 Å². The van der Waals surface area contributed by atoms with Crippen molar-refractivity contribution < 1.29 is 19.7 Å². The van der Waals surface area contributed by atoms with Crippen LogP contribution in [0.4, 0.5) is 4.79 Å². The lowest BCUT2D eigenvalue weighted by molar-refractivity contribution is -0.0566. The highest BCUT2D eigenvalue weighted by atomic mass is 35.5. The number of urea groups is 1. The van der Waals surface area contributed by atoms with E-state index in [0.717, 1.165) is 56.9 Å². The van der Waals surface area contributed by atoms with Gasteiger partial charge in [-0.2, -0.15) is 0 Å². The third-order valence-corrected chi connectivity index (χ3v) is 8.21. The van der Waals surface area contributed by atoms with E-state index in [1.165, 1.54) is 6.42 Å². The number of benzene rings is 1. The number of carbonyl (C=O) groups excluding carboxylic acids is 1. The van der Waals surface area contributed by atoms with Gasteiger partial charge < -0.3 is 30.9 Å². The van der Waals surface area contributed by atoms with Crippen LogP contribution in [-0.2, 0) is 10.3 Å². The summed E-state index contributed by atoms with van der Waals surface area (Å²) in [6.07, 6.45) is 8.64. The number of halogens is 1. The molecule has 1 aromatic rings. The molecule has 4 unspecified atom stereocenters. The molecule has 0 bridgehead atoms.